The molecular weight excluding hydrogens is 272 g/mol. The first-order valence-electron chi connectivity index (χ1n) is 6.93. The van der Waals surface area contributed by atoms with E-state index in [-0.39, 0.29) is 10.9 Å². The second-order valence-corrected chi connectivity index (χ2v) is 7.59. The molecule has 1 aromatic rings. The lowest BCUT2D eigenvalue weighted by Gasteiger charge is -2.31. The van der Waals surface area contributed by atoms with Crippen molar-refractivity contribution in [1.82, 2.24) is 4.72 Å². The van der Waals surface area contributed by atoms with Crippen LogP contribution in [0.5, 0.6) is 0 Å². The van der Waals surface area contributed by atoms with Crippen LogP contribution in [0, 0.1) is 23.2 Å². The topological polar surface area (TPSA) is 70.0 Å². The molecule has 1 N–H and O–H groups in total. The highest BCUT2D eigenvalue weighted by atomic mass is 32.2. The van der Waals surface area contributed by atoms with E-state index in [4.69, 9.17) is 5.26 Å². The predicted molar refractivity (Wildman–Crippen MR) is 77.4 cm³/mol. The van der Waals surface area contributed by atoms with Gasteiger partial charge in [0.2, 0.25) is 10.0 Å². The monoisotopic (exact) mass is 292 g/mol. The van der Waals surface area contributed by atoms with Crippen molar-refractivity contribution in [2.75, 3.05) is 0 Å². The maximum atomic E-state index is 12.3. The molecule has 0 heterocycles. The van der Waals surface area contributed by atoms with Crippen molar-refractivity contribution in [3.63, 3.8) is 0 Å². The number of nitrogens with zero attached hydrogens (tertiary/aromatic N) is 1. The van der Waals surface area contributed by atoms with Gasteiger partial charge in [-0.3, -0.25) is 0 Å². The molecule has 0 aliphatic heterocycles. The quantitative estimate of drug-likeness (QED) is 0.931. The van der Waals surface area contributed by atoms with Crippen LogP contribution in [-0.2, 0) is 10.0 Å². The third-order valence-corrected chi connectivity index (χ3v) is 5.33. The molecule has 2 atom stereocenters. The molecule has 1 aromatic carbocycles. The number of rotatable bonds is 3. The number of sulfonamides is 1. The van der Waals surface area contributed by atoms with Gasteiger partial charge in [-0.25, -0.2) is 13.1 Å². The molecule has 0 aromatic heterocycles. The van der Waals surface area contributed by atoms with E-state index in [2.05, 4.69) is 18.6 Å². The molecule has 1 saturated carbocycles. The van der Waals surface area contributed by atoms with Gasteiger partial charge in [0.05, 0.1) is 16.5 Å². The van der Waals surface area contributed by atoms with Gasteiger partial charge in [0, 0.05) is 6.04 Å². The molecule has 0 spiro atoms. The summed E-state index contributed by atoms with van der Waals surface area (Å²) < 4.78 is 27.4. The van der Waals surface area contributed by atoms with E-state index in [9.17, 15) is 8.42 Å². The Bertz CT molecular complexity index is 592. The van der Waals surface area contributed by atoms with E-state index in [1.54, 1.807) is 0 Å². The fraction of sp³-hybridized carbons (Fsp3) is 0.533. The largest absolute Gasteiger partial charge is 0.240 e. The molecule has 2 rings (SSSR count). The van der Waals surface area contributed by atoms with E-state index in [1.165, 1.54) is 24.3 Å². The van der Waals surface area contributed by atoms with Crippen molar-refractivity contribution in [3.05, 3.63) is 29.8 Å². The average molecular weight is 292 g/mol. The van der Waals surface area contributed by atoms with E-state index in [0.29, 0.717) is 17.4 Å². The van der Waals surface area contributed by atoms with Gasteiger partial charge in [-0.05, 0) is 55.4 Å². The second-order valence-electron chi connectivity index (χ2n) is 5.87. The van der Waals surface area contributed by atoms with E-state index in [1.807, 2.05) is 6.07 Å². The molecule has 5 heteroatoms. The van der Waals surface area contributed by atoms with Crippen molar-refractivity contribution >= 4 is 10.0 Å². The summed E-state index contributed by atoms with van der Waals surface area (Å²) in [6.45, 7) is 4.33. The van der Waals surface area contributed by atoms with Crippen LogP contribution in [0.1, 0.15) is 38.7 Å². The molecule has 2 unspecified atom stereocenters. The Morgan fingerprint density at radius 3 is 2.15 bits per heavy atom. The zero-order valence-corrected chi connectivity index (χ0v) is 12.7. The smallest absolute Gasteiger partial charge is 0.208 e. The van der Waals surface area contributed by atoms with Crippen molar-refractivity contribution in [1.29, 1.82) is 5.26 Å². The van der Waals surface area contributed by atoms with Crippen molar-refractivity contribution in [3.8, 4) is 6.07 Å². The van der Waals surface area contributed by atoms with Crippen molar-refractivity contribution in [2.45, 2.75) is 44.0 Å². The normalized spacial score (nSPS) is 26.9. The number of nitrogens with one attached hydrogen (secondary N) is 1. The van der Waals surface area contributed by atoms with Gasteiger partial charge in [0.25, 0.3) is 0 Å². The molecule has 0 amide bonds. The van der Waals surface area contributed by atoms with E-state index < -0.39 is 10.0 Å². The minimum atomic E-state index is -3.49. The van der Waals surface area contributed by atoms with Crippen LogP contribution in [0.15, 0.2) is 29.2 Å². The lowest BCUT2D eigenvalue weighted by Crippen LogP contribution is -2.39. The number of hydrogen-bond donors (Lipinski definition) is 1. The predicted octanol–water partition coefficient (Wildman–Crippen LogP) is 2.66. The summed E-state index contributed by atoms with van der Waals surface area (Å²) in [6.07, 6.45) is 2.94. The Morgan fingerprint density at radius 2 is 1.65 bits per heavy atom. The van der Waals surface area contributed by atoms with Crippen LogP contribution >= 0.6 is 0 Å². The Kier molecular flexibility index (Phi) is 4.46. The molecule has 0 saturated heterocycles. The summed E-state index contributed by atoms with van der Waals surface area (Å²) in [5.74, 6) is 1.10. The van der Waals surface area contributed by atoms with Gasteiger partial charge in [0.1, 0.15) is 0 Å². The van der Waals surface area contributed by atoms with Gasteiger partial charge in [-0.15, -0.1) is 0 Å². The summed E-state index contributed by atoms with van der Waals surface area (Å²) in [5.41, 5.74) is 0.462. The lowest BCUT2D eigenvalue weighted by molar-refractivity contribution is 0.257. The SMILES string of the molecule is CC1CC(C)CC(NS(=O)(=O)c2ccc(C#N)cc2)C1. The van der Waals surface area contributed by atoms with Gasteiger partial charge in [-0.2, -0.15) is 5.26 Å². The highest BCUT2D eigenvalue weighted by molar-refractivity contribution is 7.89. The summed E-state index contributed by atoms with van der Waals surface area (Å²) in [4.78, 5) is 0.224. The maximum Gasteiger partial charge on any atom is 0.240 e. The van der Waals surface area contributed by atoms with Crippen LogP contribution in [0.4, 0.5) is 0 Å². The molecule has 1 aliphatic rings. The van der Waals surface area contributed by atoms with Crippen LogP contribution in [0.3, 0.4) is 0 Å². The fourth-order valence-electron chi connectivity index (χ4n) is 3.04. The standard InChI is InChI=1S/C15H20N2O2S/c1-11-7-12(2)9-14(8-11)17-20(18,19)15-5-3-13(10-16)4-6-15/h3-6,11-12,14,17H,7-9H2,1-2H3. The van der Waals surface area contributed by atoms with E-state index in [0.717, 1.165) is 19.3 Å². The first-order chi connectivity index (χ1) is 9.40. The molecule has 108 valence electrons. The number of nitriles is 1. The summed E-state index contributed by atoms with van der Waals surface area (Å²) in [6, 6.07) is 8.01. The van der Waals surface area contributed by atoms with Gasteiger partial charge < -0.3 is 0 Å². The minimum Gasteiger partial charge on any atom is -0.208 e. The van der Waals surface area contributed by atoms with Crippen molar-refractivity contribution in [2.24, 2.45) is 11.8 Å². The first-order valence-corrected chi connectivity index (χ1v) is 8.41. The van der Waals surface area contributed by atoms with Crippen LogP contribution < -0.4 is 4.72 Å². The van der Waals surface area contributed by atoms with Gasteiger partial charge in [0.15, 0.2) is 0 Å². The van der Waals surface area contributed by atoms with Gasteiger partial charge >= 0.3 is 0 Å². The summed E-state index contributed by atoms with van der Waals surface area (Å²) in [5, 5.41) is 8.74. The molecule has 4 nitrogen and oxygen atoms in total. The Hall–Kier alpha value is -1.38. The second kappa shape index (κ2) is 5.94. The van der Waals surface area contributed by atoms with Gasteiger partial charge in [-0.1, -0.05) is 13.8 Å². The molecule has 0 bridgehead atoms. The van der Waals surface area contributed by atoms with Crippen LogP contribution in [0.25, 0.3) is 0 Å². The van der Waals surface area contributed by atoms with E-state index >= 15 is 0 Å². The Morgan fingerprint density at radius 1 is 1.10 bits per heavy atom. The molecule has 20 heavy (non-hydrogen) atoms. The molecule has 1 aliphatic carbocycles. The zero-order chi connectivity index (χ0) is 14.8. The molecule has 0 radical (unpaired) electrons. The zero-order valence-electron chi connectivity index (χ0n) is 11.8. The molecule has 1 fully saturated rings. The Balaban J connectivity index is 2.12. The average Bonchev–Trinajstić information content (AvgIpc) is 2.37. The maximum absolute atomic E-state index is 12.3. The highest BCUT2D eigenvalue weighted by Crippen LogP contribution is 2.29. The number of hydrogen-bond acceptors (Lipinski definition) is 3. The summed E-state index contributed by atoms with van der Waals surface area (Å²) in [7, 11) is -3.49. The fourth-order valence-corrected chi connectivity index (χ4v) is 4.30. The Labute approximate surface area is 120 Å². The first kappa shape index (κ1) is 15.0. The minimum absolute atomic E-state index is 0.00870. The van der Waals surface area contributed by atoms with Crippen LogP contribution in [0.2, 0.25) is 0 Å². The summed E-state index contributed by atoms with van der Waals surface area (Å²) >= 11 is 0. The lowest BCUT2D eigenvalue weighted by atomic mass is 9.81. The number of benzene rings is 1. The third-order valence-electron chi connectivity index (χ3n) is 3.79. The highest BCUT2D eigenvalue weighted by Gasteiger charge is 2.27. The van der Waals surface area contributed by atoms with Crippen molar-refractivity contribution < 1.29 is 8.42 Å². The molecular formula is C15H20N2O2S. The van der Waals surface area contributed by atoms with Crippen LogP contribution in [-0.4, -0.2) is 14.5 Å². The third kappa shape index (κ3) is 3.59.